The van der Waals surface area contributed by atoms with E-state index in [-0.39, 0.29) is 4.90 Å². The topological polar surface area (TPSA) is 80.4 Å². The van der Waals surface area contributed by atoms with Crippen molar-refractivity contribution < 1.29 is 13.0 Å². The van der Waals surface area contributed by atoms with Crippen molar-refractivity contribution in [3.63, 3.8) is 0 Å². The second-order valence-electron chi connectivity index (χ2n) is 10.7. The van der Waals surface area contributed by atoms with E-state index < -0.39 is 10.1 Å². The maximum absolute atomic E-state index is 11.3. The van der Waals surface area contributed by atoms with E-state index >= 15 is 0 Å². The molecule has 0 aromatic heterocycles. The molecule has 3 N–H and O–H groups in total. The summed E-state index contributed by atoms with van der Waals surface area (Å²) in [6.07, 6.45) is 30.2. The quantitative estimate of drug-likeness (QED) is 0.101. The van der Waals surface area contributed by atoms with Crippen LogP contribution in [-0.4, -0.2) is 19.5 Å². The van der Waals surface area contributed by atoms with Gasteiger partial charge in [-0.2, -0.15) is 8.42 Å². The molecule has 0 radical (unpaired) electrons. The first-order chi connectivity index (χ1) is 18.0. The number of unbranched alkanes of at least 4 members (excludes halogenated alkanes) is 20. The molecule has 0 saturated heterocycles. The molecule has 0 aliphatic rings. The predicted octanol–water partition coefficient (Wildman–Crippen LogP) is 10.0. The summed E-state index contributed by atoms with van der Waals surface area (Å²) in [4.78, 5) is 0.0610. The first-order valence-corrected chi connectivity index (χ1v) is 17.2. The van der Waals surface area contributed by atoms with Gasteiger partial charge in [-0.25, -0.2) is 0 Å². The molecule has 0 amide bonds. The van der Waals surface area contributed by atoms with Gasteiger partial charge in [0.25, 0.3) is 10.1 Å². The SMILES string of the molecule is CCCCCCCCCCCCCCN.CCCCCCCCCCCCc1ccccc1S(=O)(=O)O. The van der Waals surface area contributed by atoms with Gasteiger partial charge in [0, 0.05) is 0 Å². The van der Waals surface area contributed by atoms with E-state index in [1.54, 1.807) is 12.1 Å². The Morgan fingerprint density at radius 1 is 0.568 bits per heavy atom. The molecular weight excluding hydrogens is 478 g/mol. The van der Waals surface area contributed by atoms with Crippen LogP contribution in [0, 0.1) is 0 Å². The van der Waals surface area contributed by atoms with Gasteiger partial charge in [0.15, 0.2) is 0 Å². The minimum atomic E-state index is -4.10. The minimum absolute atomic E-state index is 0.0610. The van der Waals surface area contributed by atoms with Gasteiger partial charge >= 0.3 is 0 Å². The maximum atomic E-state index is 11.3. The number of hydrogen-bond donors (Lipinski definition) is 2. The molecule has 0 atom stereocenters. The van der Waals surface area contributed by atoms with Crippen LogP contribution in [0.25, 0.3) is 0 Å². The van der Waals surface area contributed by atoms with E-state index in [0.29, 0.717) is 6.42 Å². The van der Waals surface area contributed by atoms with Crippen LogP contribution in [0.5, 0.6) is 0 Å². The van der Waals surface area contributed by atoms with Crippen molar-refractivity contribution in [3.8, 4) is 0 Å². The van der Waals surface area contributed by atoms with Gasteiger partial charge in [-0.05, 0) is 37.4 Å². The molecular formula is C32H61NO3S. The Hall–Kier alpha value is -0.910. The van der Waals surface area contributed by atoms with E-state index in [1.165, 1.54) is 134 Å². The molecule has 0 unspecified atom stereocenters. The zero-order valence-electron chi connectivity index (χ0n) is 24.5. The normalized spacial score (nSPS) is 11.4. The van der Waals surface area contributed by atoms with Crippen LogP contribution in [0.4, 0.5) is 0 Å². The van der Waals surface area contributed by atoms with Crippen molar-refractivity contribution >= 4 is 10.1 Å². The Labute approximate surface area is 231 Å². The first-order valence-electron chi connectivity index (χ1n) is 15.7. The zero-order valence-corrected chi connectivity index (χ0v) is 25.3. The summed E-state index contributed by atoms with van der Waals surface area (Å²) >= 11 is 0. The minimum Gasteiger partial charge on any atom is -0.330 e. The number of rotatable bonds is 24. The third-order valence-electron chi connectivity index (χ3n) is 7.11. The van der Waals surface area contributed by atoms with Gasteiger partial charge in [-0.1, -0.05) is 160 Å². The highest BCUT2D eigenvalue weighted by atomic mass is 32.2. The summed E-state index contributed by atoms with van der Waals surface area (Å²) in [5, 5.41) is 0. The standard InChI is InChI=1S/C18H30O3S.C14H31N/c1-2-3-4-5-6-7-8-9-10-11-14-17-15-12-13-16-18(17)22(19,20)21;1-2-3-4-5-6-7-8-9-10-11-12-13-14-15/h12-13,15-16H,2-11,14H2,1H3,(H,19,20,21);2-15H2,1H3. The first kappa shape index (κ1) is 36.1. The molecule has 0 saturated carbocycles. The van der Waals surface area contributed by atoms with E-state index in [0.717, 1.165) is 24.9 Å². The summed E-state index contributed by atoms with van der Waals surface area (Å²) in [6, 6.07) is 6.73. The van der Waals surface area contributed by atoms with E-state index in [1.807, 2.05) is 6.07 Å². The van der Waals surface area contributed by atoms with Crippen LogP contribution in [0.15, 0.2) is 29.2 Å². The summed E-state index contributed by atoms with van der Waals surface area (Å²) in [5.41, 5.74) is 6.18. The zero-order chi connectivity index (χ0) is 27.5. The highest BCUT2D eigenvalue weighted by Crippen LogP contribution is 2.18. The molecule has 0 heterocycles. The van der Waals surface area contributed by atoms with E-state index in [9.17, 15) is 13.0 Å². The number of hydrogen-bond acceptors (Lipinski definition) is 3. The smallest absolute Gasteiger partial charge is 0.294 e. The van der Waals surface area contributed by atoms with Crippen molar-refractivity contribution in [1.29, 1.82) is 0 Å². The molecule has 5 heteroatoms. The lowest BCUT2D eigenvalue weighted by atomic mass is 10.0. The third-order valence-corrected chi connectivity index (χ3v) is 8.06. The number of nitrogens with two attached hydrogens (primary N) is 1. The Morgan fingerprint density at radius 3 is 1.30 bits per heavy atom. The molecule has 1 aromatic carbocycles. The van der Waals surface area contributed by atoms with Crippen molar-refractivity contribution in [1.82, 2.24) is 0 Å². The molecule has 0 spiro atoms. The average Bonchev–Trinajstić information content (AvgIpc) is 2.88. The number of benzene rings is 1. The summed E-state index contributed by atoms with van der Waals surface area (Å²) in [7, 11) is -4.10. The fourth-order valence-corrected chi connectivity index (χ4v) is 5.50. The average molecular weight is 540 g/mol. The molecule has 0 aliphatic carbocycles. The van der Waals surface area contributed by atoms with Crippen molar-refractivity contribution in [3.05, 3.63) is 29.8 Å². The van der Waals surface area contributed by atoms with Crippen molar-refractivity contribution in [2.45, 2.75) is 166 Å². The monoisotopic (exact) mass is 539 g/mol. The second kappa shape index (κ2) is 26.7. The lowest BCUT2D eigenvalue weighted by molar-refractivity contribution is 0.481. The fourth-order valence-electron chi connectivity index (χ4n) is 4.75. The summed E-state index contributed by atoms with van der Waals surface area (Å²) < 4.78 is 31.8. The van der Waals surface area contributed by atoms with Crippen LogP contribution in [-0.2, 0) is 16.5 Å². The van der Waals surface area contributed by atoms with E-state index in [2.05, 4.69) is 13.8 Å². The Morgan fingerprint density at radius 2 is 0.919 bits per heavy atom. The van der Waals surface area contributed by atoms with Crippen molar-refractivity contribution in [2.75, 3.05) is 6.54 Å². The molecule has 1 aromatic rings. The van der Waals surface area contributed by atoms with Gasteiger partial charge in [0.1, 0.15) is 0 Å². The maximum Gasteiger partial charge on any atom is 0.294 e. The molecule has 4 nitrogen and oxygen atoms in total. The Bertz CT molecular complexity index is 694. The molecule has 0 bridgehead atoms. The molecule has 0 fully saturated rings. The largest absolute Gasteiger partial charge is 0.330 e. The summed E-state index contributed by atoms with van der Waals surface area (Å²) in [5.74, 6) is 0. The van der Waals surface area contributed by atoms with Crippen LogP contribution >= 0.6 is 0 Å². The second-order valence-corrected chi connectivity index (χ2v) is 12.1. The Kier molecular flexibility index (Phi) is 26.0. The third kappa shape index (κ3) is 23.9. The van der Waals surface area contributed by atoms with Crippen LogP contribution in [0.1, 0.15) is 161 Å². The van der Waals surface area contributed by atoms with Gasteiger partial charge in [-0.15, -0.1) is 0 Å². The number of aryl methyl sites for hydroxylation is 1. The lowest BCUT2D eigenvalue weighted by Crippen LogP contribution is -2.03. The van der Waals surface area contributed by atoms with Gasteiger partial charge < -0.3 is 5.73 Å². The lowest BCUT2D eigenvalue weighted by Gasteiger charge is -2.07. The van der Waals surface area contributed by atoms with Crippen LogP contribution in [0.3, 0.4) is 0 Å². The van der Waals surface area contributed by atoms with Gasteiger partial charge in [0.05, 0.1) is 4.90 Å². The molecule has 0 aliphatic heterocycles. The Balaban J connectivity index is 0.000000757. The highest BCUT2D eigenvalue weighted by molar-refractivity contribution is 7.85. The van der Waals surface area contributed by atoms with Gasteiger partial charge in [0.2, 0.25) is 0 Å². The highest BCUT2D eigenvalue weighted by Gasteiger charge is 2.13. The molecule has 37 heavy (non-hydrogen) atoms. The van der Waals surface area contributed by atoms with Crippen LogP contribution < -0.4 is 5.73 Å². The molecule has 218 valence electrons. The summed E-state index contributed by atoms with van der Waals surface area (Å²) in [6.45, 7) is 5.39. The molecule has 1 rings (SSSR count). The fraction of sp³-hybridized carbons (Fsp3) is 0.812. The van der Waals surface area contributed by atoms with E-state index in [4.69, 9.17) is 5.73 Å². The van der Waals surface area contributed by atoms with Crippen molar-refractivity contribution in [2.24, 2.45) is 5.73 Å². The van der Waals surface area contributed by atoms with Crippen LogP contribution in [0.2, 0.25) is 0 Å². The predicted molar refractivity (Wildman–Crippen MR) is 162 cm³/mol. The van der Waals surface area contributed by atoms with Gasteiger partial charge in [-0.3, -0.25) is 4.55 Å².